The van der Waals surface area contributed by atoms with Gasteiger partial charge in [0.05, 0.1) is 25.4 Å². The lowest BCUT2D eigenvalue weighted by Crippen LogP contribution is -2.42. The summed E-state index contributed by atoms with van der Waals surface area (Å²) in [6.07, 6.45) is 2.61. The number of halogens is 4. The molecule has 1 unspecified atom stereocenters. The third kappa shape index (κ3) is 9.09. The predicted octanol–water partition coefficient (Wildman–Crippen LogP) is 4.25. The first kappa shape index (κ1) is 27.2. The standard InChI is InChI=1S/C22H36F3N5O.HI/c1-2-26-21(27-10-7-18-8-13-29(14-9-18)17-22(23,24)25)28-16-19(20-6-5-15-31-20)30-11-3-4-12-30;/h5-6,15,18-19H,2-4,7-14,16-17H2,1H3,(H2,26,27,28);1H. The second-order valence-corrected chi connectivity index (χ2v) is 8.54. The van der Waals surface area contributed by atoms with Crippen molar-refractivity contribution in [2.75, 3.05) is 52.4 Å². The highest BCUT2D eigenvalue weighted by Gasteiger charge is 2.32. The molecular formula is C22H37F3IN5O. The predicted molar refractivity (Wildman–Crippen MR) is 131 cm³/mol. The molecule has 0 amide bonds. The summed E-state index contributed by atoms with van der Waals surface area (Å²) in [7, 11) is 0. The summed E-state index contributed by atoms with van der Waals surface area (Å²) in [5, 5.41) is 6.71. The number of alkyl halides is 3. The number of furan rings is 1. The van der Waals surface area contributed by atoms with Crippen LogP contribution in [-0.4, -0.2) is 74.3 Å². The van der Waals surface area contributed by atoms with E-state index in [2.05, 4.69) is 15.5 Å². The summed E-state index contributed by atoms with van der Waals surface area (Å²) in [6.45, 7) is 6.61. The van der Waals surface area contributed by atoms with Gasteiger partial charge < -0.3 is 15.1 Å². The van der Waals surface area contributed by atoms with E-state index < -0.39 is 12.7 Å². The van der Waals surface area contributed by atoms with Crippen molar-refractivity contribution >= 4 is 29.9 Å². The Labute approximate surface area is 206 Å². The van der Waals surface area contributed by atoms with Crippen LogP contribution in [0, 0.1) is 5.92 Å². The van der Waals surface area contributed by atoms with Crippen LogP contribution in [0.15, 0.2) is 27.8 Å². The number of likely N-dealkylation sites (tertiary alicyclic amines) is 2. The first-order valence-electron chi connectivity index (χ1n) is 11.5. The molecule has 0 radical (unpaired) electrons. The Morgan fingerprint density at radius 1 is 1.19 bits per heavy atom. The van der Waals surface area contributed by atoms with Crippen LogP contribution < -0.4 is 10.6 Å². The van der Waals surface area contributed by atoms with Crippen LogP contribution in [0.4, 0.5) is 13.2 Å². The third-order valence-corrected chi connectivity index (χ3v) is 6.17. The highest BCUT2D eigenvalue weighted by atomic mass is 127. The van der Waals surface area contributed by atoms with E-state index in [-0.39, 0.29) is 30.0 Å². The average molecular weight is 571 g/mol. The monoisotopic (exact) mass is 571 g/mol. The van der Waals surface area contributed by atoms with Gasteiger partial charge in [0, 0.05) is 13.1 Å². The summed E-state index contributed by atoms with van der Waals surface area (Å²) in [4.78, 5) is 8.76. The van der Waals surface area contributed by atoms with Gasteiger partial charge >= 0.3 is 6.18 Å². The maximum Gasteiger partial charge on any atom is 0.401 e. The Bertz CT molecular complexity index is 657. The molecule has 0 saturated carbocycles. The number of rotatable bonds is 9. The van der Waals surface area contributed by atoms with E-state index in [0.717, 1.165) is 57.2 Å². The molecule has 6 nitrogen and oxygen atoms in total. The molecule has 0 aliphatic carbocycles. The smallest absolute Gasteiger partial charge is 0.401 e. The lowest BCUT2D eigenvalue weighted by atomic mass is 9.93. The second-order valence-electron chi connectivity index (χ2n) is 8.54. The van der Waals surface area contributed by atoms with Crippen molar-refractivity contribution in [1.29, 1.82) is 0 Å². The number of guanidine groups is 1. The molecule has 32 heavy (non-hydrogen) atoms. The molecule has 0 spiro atoms. The van der Waals surface area contributed by atoms with E-state index in [0.29, 0.717) is 25.6 Å². The van der Waals surface area contributed by atoms with Crippen LogP contribution >= 0.6 is 24.0 Å². The number of piperidine rings is 1. The van der Waals surface area contributed by atoms with E-state index >= 15 is 0 Å². The molecule has 184 valence electrons. The molecule has 2 aliphatic rings. The molecule has 2 fully saturated rings. The fraction of sp³-hybridized carbons (Fsp3) is 0.773. The van der Waals surface area contributed by atoms with Gasteiger partial charge in [-0.25, -0.2) is 0 Å². The van der Waals surface area contributed by atoms with Crippen molar-refractivity contribution in [2.24, 2.45) is 10.9 Å². The van der Waals surface area contributed by atoms with Gasteiger partial charge in [-0.2, -0.15) is 13.2 Å². The van der Waals surface area contributed by atoms with Crippen LogP contribution in [0.25, 0.3) is 0 Å². The van der Waals surface area contributed by atoms with Crippen LogP contribution in [0.5, 0.6) is 0 Å². The zero-order chi connectivity index (χ0) is 22.1. The fourth-order valence-corrected chi connectivity index (χ4v) is 4.52. The van der Waals surface area contributed by atoms with Gasteiger partial charge in [-0.3, -0.25) is 14.8 Å². The Kier molecular flexibility index (Phi) is 11.6. The van der Waals surface area contributed by atoms with Crippen molar-refractivity contribution in [3.8, 4) is 0 Å². The largest absolute Gasteiger partial charge is 0.468 e. The average Bonchev–Trinajstić information content (AvgIpc) is 3.43. The minimum Gasteiger partial charge on any atom is -0.468 e. The minimum absolute atomic E-state index is 0. The lowest BCUT2D eigenvalue weighted by Gasteiger charge is -2.32. The molecule has 2 N–H and O–H groups in total. The summed E-state index contributed by atoms with van der Waals surface area (Å²) < 4.78 is 43.3. The van der Waals surface area contributed by atoms with E-state index in [1.54, 1.807) is 6.26 Å². The number of nitrogens with zero attached hydrogens (tertiary/aromatic N) is 3. The van der Waals surface area contributed by atoms with Crippen molar-refractivity contribution in [3.63, 3.8) is 0 Å². The number of aliphatic imine (C=N–C) groups is 1. The maximum atomic E-state index is 12.5. The second kappa shape index (κ2) is 13.6. The van der Waals surface area contributed by atoms with E-state index in [4.69, 9.17) is 9.41 Å². The van der Waals surface area contributed by atoms with Crippen molar-refractivity contribution in [1.82, 2.24) is 20.4 Å². The summed E-state index contributed by atoms with van der Waals surface area (Å²) in [5.41, 5.74) is 0. The number of hydrogen-bond donors (Lipinski definition) is 2. The molecule has 1 aromatic heterocycles. The number of nitrogens with one attached hydrogen (secondary N) is 2. The maximum absolute atomic E-state index is 12.5. The van der Waals surface area contributed by atoms with E-state index in [9.17, 15) is 13.2 Å². The highest BCUT2D eigenvalue weighted by molar-refractivity contribution is 14.0. The lowest BCUT2D eigenvalue weighted by molar-refractivity contribution is -0.148. The van der Waals surface area contributed by atoms with Gasteiger partial charge in [0.25, 0.3) is 0 Å². The van der Waals surface area contributed by atoms with Crippen molar-refractivity contribution in [3.05, 3.63) is 24.2 Å². The SMILES string of the molecule is CCNC(=NCC(c1ccco1)N1CCCC1)NCCC1CCN(CC(F)(F)F)CC1.I. The molecule has 3 heterocycles. The summed E-state index contributed by atoms with van der Waals surface area (Å²) in [5.74, 6) is 2.19. The molecule has 3 rings (SSSR count). The molecule has 0 bridgehead atoms. The van der Waals surface area contributed by atoms with Gasteiger partial charge in [0.2, 0.25) is 0 Å². The van der Waals surface area contributed by atoms with Crippen LogP contribution in [0.2, 0.25) is 0 Å². The molecule has 0 aromatic carbocycles. The molecule has 2 saturated heterocycles. The Hall–Kier alpha value is -1.01. The third-order valence-electron chi connectivity index (χ3n) is 6.17. The van der Waals surface area contributed by atoms with Gasteiger partial charge in [-0.1, -0.05) is 0 Å². The van der Waals surface area contributed by atoms with E-state index in [1.807, 2.05) is 19.1 Å². The summed E-state index contributed by atoms with van der Waals surface area (Å²) >= 11 is 0. The summed E-state index contributed by atoms with van der Waals surface area (Å²) in [6, 6.07) is 4.08. The zero-order valence-corrected chi connectivity index (χ0v) is 21.2. The zero-order valence-electron chi connectivity index (χ0n) is 18.9. The topological polar surface area (TPSA) is 56.0 Å². The Morgan fingerprint density at radius 2 is 1.91 bits per heavy atom. The van der Waals surface area contributed by atoms with Crippen molar-refractivity contribution < 1.29 is 17.6 Å². The molecule has 2 aliphatic heterocycles. The van der Waals surface area contributed by atoms with Gasteiger partial charge in [-0.05, 0) is 83.3 Å². The first-order chi connectivity index (χ1) is 14.9. The molecule has 10 heteroatoms. The fourth-order valence-electron chi connectivity index (χ4n) is 4.52. The van der Waals surface area contributed by atoms with Gasteiger partial charge in [-0.15, -0.1) is 24.0 Å². The molecule has 1 aromatic rings. The normalized spacial score (nSPS) is 20.2. The number of hydrogen-bond acceptors (Lipinski definition) is 4. The first-order valence-corrected chi connectivity index (χ1v) is 11.5. The van der Waals surface area contributed by atoms with Crippen molar-refractivity contribution in [2.45, 2.75) is 51.2 Å². The van der Waals surface area contributed by atoms with E-state index in [1.165, 1.54) is 17.7 Å². The Morgan fingerprint density at radius 3 is 2.50 bits per heavy atom. The molecular weight excluding hydrogens is 534 g/mol. The van der Waals surface area contributed by atoms with Crippen LogP contribution in [0.3, 0.4) is 0 Å². The minimum atomic E-state index is -4.10. The molecule has 1 atom stereocenters. The van der Waals surface area contributed by atoms with Gasteiger partial charge in [0.1, 0.15) is 5.76 Å². The van der Waals surface area contributed by atoms with Gasteiger partial charge in [0.15, 0.2) is 5.96 Å². The highest BCUT2D eigenvalue weighted by Crippen LogP contribution is 2.26. The Balaban J connectivity index is 0.00000363. The quantitative estimate of drug-likeness (QED) is 0.264. The van der Waals surface area contributed by atoms with Crippen LogP contribution in [0.1, 0.15) is 50.8 Å². The van der Waals surface area contributed by atoms with Crippen LogP contribution in [-0.2, 0) is 0 Å².